The molecule has 2 nitrogen and oxygen atoms in total. The monoisotopic (exact) mass is 257 g/mol. The summed E-state index contributed by atoms with van der Waals surface area (Å²) in [7, 11) is 0. The molecule has 18 heavy (non-hydrogen) atoms. The van der Waals surface area contributed by atoms with Gasteiger partial charge in [-0.3, -0.25) is 0 Å². The minimum atomic E-state index is -0.444. The van der Waals surface area contributed by atoms with Gasteiger partial charge >= 0.3 is 0 Å². The molecule has 0 aliphatic heterocycles. The molecule has 1 aromatic rings. The molecule has 0 fully saturated rings. The average molecular weight is 257 g/mol. The van der Waals surface area contributed by atoms with Gasteiger partial charge in [0.1, 0.15) is 11.6 Å². The molecule has 2 unspecified atom stereocenters. The fourth-order valence-corrected chi connectivity index (χ4v) is 1.97. The molecule has 1 aromatic carbocycles. The van der Waals surface area contributed by atoms with Crippen molar-refractivity contribution in [2.45, 2.75) is 45.3 Å². The summed E-state index contributed by atoms with van der Waals surface area (Å²) in [4.78, 5) is 0. The Balaban J connectivity index is 2.68. The van der Waals surface area contributed by atoms with Crippen LogP contribution in [0.2, 0.25) is 0 Å². The molecule has 0 saturated carbocycles. The summed E-state index contributed by atoms with van der Waals surface area (Å²) < 4.78 is 26.7. The number of hydrogen-bond donors (Lipinski definition) is 2. The summed E-state index contributed by atoms with van der Waals surface area (Å²) in [5, 5.41) is 12.7. The standard InChI is InChI=1S/C14H21F2NO/c1-3-5-11(18)9-17-14(4-2)12-8-10(15)6-7-13(12)16/h6-8,11,14,17-18H,3-5,9H2,1-2H3. The number of halogens is 2. The summed E-state index contributed by atoms with van der Waals surface area (Å²) in [6.45, 7) is 4.28. The molecule has 0 amide bonds. The van der Waals surface area contributed by atoms with Crippen LogP contribution >= 0.6 is 0 Å². The van der Waals surface area contributed by atoms with E-state index >= 15 is 0 Å². The third-order valence-corrected chi connectivity index (χ3v) is 2.96. The smallest absolute Gasteiger partial charge is 0.128 e. The molecule has 0 aliphatic rings. The van der Waals surface area contributed by atoms with E-state index in [1.165, 1.54) is 6.07 Å². The second kappa shape index (κ2) is 7.44. The van der Waals surface area contributed by atoms with Gasteiger partial charge in [-0.15, -0.1) is 0 Å². The quantitative estimate of drug-likeness (QED) is 0.786. The molecular formula is C14H21F2NO. The van der Waals surface area contributed by atoms with E-state index in [1.54, 1.807) is 0 Å². The summed E-state index contributed by atoms with van der Waals surface area (Å²) >= 11 is 0. The molecule has 0 aromatic heterocycles. The maximum absolute atomic E-state index is 13.6. The van der Waals surface area contributed by atoms with Gasteiger partial charge in [-0.2, -0.15) is 0 Å². The zero-order valence-corrected chi connectivity index (χ0v) is 10.9. The molecule has 0 saturated heterocycles. The third-order valence-electron chi connectivity index (χ3n) is 2.96. The highest BCUT2D eigenvalue weighted by atomic mass is 19.1. The van der Waals surface area contributed by atoms with Gasteiger partial charge in [0.05, 0.1) is 6.10 Å². The van der Waals surface area contributed by atoms with E-state index in [2.05, 4.69) is 5.32 Å². The van der Waals surface area contributed by atoms with E-state index in [4.69, 9.17) is 0 Å². The van der Waals surface area contributed by atoms with Crippen LogP contribution in [0, 0.1) is 11.6 Å². The lowest BCUT2D eigenvalue weighted by molar-refractivity contribution is 0.155. The lowest BCUT2D eigenvalue weighted by atomic mass is 10.0. The maximum atomic E-state index is 13.6. The second-order valence-electron chi connectivity index (χ2n) is 4.48. The van der Waals surface area contributed by atoms with Crippen LogP contribution in [0.15, 0.2) is 18.2 Å². The van der Waals surface area contributed by atoms with E-state index in [1.807, 2.05) is 13.8 Å². The third kappa shape index (κ3) is 4.35. The summed E-state index contributed by atoms with van der Waals surface area (Å²) in [6.07, 6.45) is 1.79. The van der Waals surface area contributed by atoms with Crippen LogP contribution in [-0.4, -0.2) is 17.8 Å². The number of aliphatic hydroxyl groups excluding tert-OH is 1. The fraction of sp³-hybridized carbons (Fsp3) is 0.571. The van der Waals surface area contributed by atoms with Crippen LogP contribution in [0.3, 0.4) is 0 Å². The highest BCUT2D eigenvalue weighted by molar-refractivity contribution is 5.22. The van der Waals surface area contributed by atoms with Gasteiger partial charge in [0.2, 0.25) is 0 Å². The van der Waals surface area contributed by atoms with Crippen LogP contribution in [0.4, 0.5) is 8.78 Å². The normalized spacial score (nSPS) is 14.5. The number of nitrogens with one attached hydrogen (secondary N) is 1. The Morgan fingerprint density at radius 1 is 1.28 bits per heavy atom. The van der Waals surface area contributed by atoms with Gasteiger partial charge in [0.25, 0.3) is 0 Å². The molecular weight excluding hydrogens is 236 g/mol. The summed E-state index contributed by atoms with van der Waals surface area (Å²) in [6, 6.07) is 3.18. The Morgan fingerprint density at radius 2 is 2.00 bits per heavy atom. The molecule has 0 heterocycles. The number of benzene rings is 1. The van der Waals surface area contributed by atoms with E-state index < -0.39 is 17.7 Å². The van der Waals surface area contributed by atoms with E-state index in [0.29, 0.717) is 24.9 Å². The topological polar surface area (TPSA) is 32.3 Å². The molecule has 2 atom stereocenters. The van der Waals surface area contributed by atoms with Crippen molar-refractivity contribution in [3.8, 4) is 0 Å². The first kappa shape index (κ1) is 15.1. The van der Waals surface area contributed by atoms with Gasteiger partial charge < -0.3 is 10.4 Å². The van der Waals surface area contributed by atoms with Crippen LogP contribution in [-0.2, 0) is 0 Å². The number of hydrogen-bond acceptors (Lipinski definition) is 2. The zero-order valence-electron chi connectivity index (χ0n) is 10.9. The van der Waals surface area contributed by atoms with Gasteiger partial charge in [-0.1, -0.05) is 20.3 Å². The van der Waals surface area contributed by atoms with Crippen molar-refractivity contribution in [1.29, 1.82) is 0 Å². The Morgan fingerprint density at radius 3 is 2.61 bits per heavy atom. The first-order valence-corrected chi connectivity index (χ1v) is 6.44. The average Bonchev–Trinajstić information content (AvgIpc) is 2.34. The minimum Gasteiger partial charge on any atom is -0.392 e. The molecule has 0 radical (unpaired) electrons. The highest BCUT2D eigenvalue weighted by Crippen LogP contribution is 2.21. The Kier molecular flexibility index (Phi) is 6.22. The molecule has 1 rings (SSSR count). The van der Waals surface area contributed by atoms with Crippen LogP contribution in [0.25, 0.3) is 0 Å². The Labute approximate surface area is 107 Å². The number of aliphatic hydroxyl groups is 1. The fourth-order valence-electron chi connectivity index (χ4n) is 1.97. The maximum Gasteiger partial charge on any atom is 0.128 e. The predicted octanol–water partition coefficient (Wildman–Crippen LogP) is 3.17. The lowest BCUT2D eigenvalue weighted by Gasteiger charge is -2.20. The Hall–Kier alpha value is -1.00. The molecule has 102 valence electrons. The van der Waals surface area contributed by atoms with Crippen LogP contribution in [0.5, 0.6) is 0 Å². The van der Waals surface area contributed by atoms with Crippen molar-refractivity contribution >= 4 is 0 Å². The highest BCUT2D eigenvalue weighted by Gasteiger charge is 2.15. The largest absolute Gasteiger partial charge is 0.392 e. The van der Waals surface area contributed by atoms with E-state index in [-0.39, 0.29) is 6.04 Å². The summed E-state index contributed by atoms with van der Waals surface area (Å²) in [5.41, 5.74) is 0.321. The zero-order chi connectivity index (χ0) is 13.5. The number of rotatable bonds is 7. The SMILES string of the molecule is CCCC(O)CNC(CC)c1cc(F)ccc1F. The van der Waals surface area contributed by atoms with Crippen molar-refractivity contribution in [2.24, 2.45) is 0 Å². The van der Waals surface area contributed by atoms with Crippen molar-refractivity contribution in [1.82, 2.24) is 5.32 Å². The van der Waals surface area contributed by atoms with E-state index in [0.717, 1.165) is 18.6 Å². The molecule has 0 bridgehead atoms. The van der Waals surface area contributed by atoms with E-state index in [9.17, 15) is 13.9 Å². The molecule has 4 heteroatoms. The first-order chi connectivity index (χ1) is 8.58. The van der Waals surface area contributed by atoms with Crippen molar-refractivity contribution in [3.05, 3.63) is 35.4 Å². The van der Waals surface area contributed by atoms with Crippen molar-refractivity contribution in [3.63, 3.8) is 0 Å². The second-order valence-corrected chi connectivity index (χ2v) is 4.48. The van der Waals surface area contributed by atoms with Crippen molar-refractivity contribution in [2.75, 3.05) is 6.54 Å². The van der Waals surface area contributed by atoms with Crippen molar-refractivity contribution < 1.29 is 13.9 Å². The van der Waals surface area contributed by atoms with Gasteiger partial charge in [0.15, 0.2) is 0 Å². The van der Waals surface area contributed by atoms with Crippen LogP contribution in [0.1, 0.15) is 44.7 Å². The van der Waals surface area contributed by atoms with Gasteiger partial charge in [-0.05, 0) is 31.0 Å². The van der Waals surface area contributed by atoms with Gasteiger partial charge in [-0.25, -0.2) is 8.78 Å². The Bertz CT molecular complexity index is 371. The molecule has 0 spiro atoms. The summed E-state index contributed by atoms with van der Waals surface area (Å²) in [5.74, 6) is -0.860. The minimum absolute atomic E-state index is 0.271. The first-order valence-electron chi connectivity index (χ1n) is 6.44. The predicted molar refractivity (Wildman–Crippen MR) is 68.3 cm³/mol. The van der Waals surface area contributed by atoms with Crippen LogP contribution < -0.4 is 5.32 Å². The lowest BCUT2D eigenvalue weighted by Crippen LogP contribution is -2.30. The molecule has 2 N–H and O–H groups in total. The molecule has 0 aliphatic carbocycles. The van der Waals surface area contributed by atoms with Gasteiger partial charge in [0, 0.05) is 18.2 Å².